The molecular weight excluding hydrogens is 137 g/mol. The Morgan fingerprint density at radius 3 is 0.571 bits per heavy atom. The fraction of sp³-hybridized carbons (Fsp3) is 0. The standard InChI is InChI=1S/6FH.Na/h6*1H;/q;;;;;;+6/p-6. The second-order valence-electron chi connectivity index (χ2n) is 2.14. The maximum atomic E-state index is 9.94. The molecule has 0 aliphatic rings. The molecule has 0 rings (SSSR count). The van der Waals surface area contributed by atoms with Crippen LogP contribution < -0.4 is 0 Å². The molecule has 7 heteroatoms. The summed E-state index contributed by atoms with van der Waals surface area (Å²) in [6, 6.07) is 0. The Morgan fingerprint density at radius 1 is 0.571 bits per heavy atom. The van der Waals surface area contributed by atoms with Crippen molar-refractivity contribution in [1.29, 1.82) is 0 Å². The van der Waals surface area contributed by atoms with Crippen LogP contribution in [0.1, 0.15) is 0 Å². The van der Waals surface area contributed by atoms with E-state index >= 15 is 0 Å². The summed E-state index contributed by atoms with van der Waals surface area (Å²) in [6.07, 6.45) is 0. The monoisotopic (exact) mass is 137 g/mol. The molecular formula is F6Na. The minimum absolute atomic E-state index is 9.94. The van der Waals surface area contributed by atoms with Gasteiger partial charge in [-0.3, -0.25) is 0 Å². The van der Waals surface area contributed by atoms with Crippen LogP contribution in [0, 0.1) is 0 Å². The summed E-state index contributed by atoms with van der Waals surface area (Å²) in [7, 11) is 0. The molecule has 0 N–H and O–H groups in total. The SMILES string of the molecule is [F][Na]([F])([F])([F])([F])[F]. The molecule has 1 radical (unpaired) electrons. The molecule has 0 amide bonds. The van der Waals surface area contributed by atoms with Crippen LogP contribution in [0.5, 0.6) is 0 Å². The summed E-state index contributed by atoms with van der Waals surface area (Å²) >= 11 is -11.4. The van der Waals surface area contributed by atoms with E-state index < -0.39 is 23.8 Å². The van der Waals surface area contributed by atoms with Gasteiger partial charge in [-0.05, 0) is 0 Å². The number of hydrogen-bond donors (Lipinski definition) is 0. The van der Waals surface area contributed by atoms with Gasteiger partial charge < -0.3 is 0 Å². The predicted molar refractivity (Wildman–Crippen MR) is 12.4 cm³/mol. The Morgan fingerprint density at radius 2 is 0.571 bits per heavy atom. The van der Waals surface area contributed by atoms with E-state index in [0.29, 0.717) is 0 Å². The van der Waals surface area contributed by atoms with Gasteiger partial charge in [-0.15, -0.1) is 0 Å². The van der Waals surface area contributed by atoms with Gasteiger partial charge in [0.1, 0.15) is 0 Å². The van der Waals surface area contributed by atoms with Gasteiger partial charge in [0, 0.05) is 0 Å². The van der Waals surface area contributed by atoms with Crippen LogP contribution in [-0.2, 0) is 0 Å². The molecule has 0 unspecified atom stereocenters. The van der Waals surface area contributed by atoms with Crippen molar-refractivity contribution in [2.45, 2.75) is 0 Å². The number of rotatable bonds is 0. The first kappa shape index (κ1) is 7.58. The summed E-state index contributed by atoms with van der Waals surface area (Å²) < 4.78 is 59.6. The van der Waals surface area contributed by atoms with Gasteiger partial charge in [0.2, 0.25) is 0 Å². The average Bonchev–Trinajstić information content (AvgIpc) is 0.592. The molecule has 0 saturated heterocycles. The van der Waals surface area contributed by atoms with Crippen molar-refractivity contribution in [3.63, 3.8) is 0 Å². The molecule has 7 heavy (non-hydrogen) atoms. The van der Waals surface area contributed by atoms with Gasteiger partial charge >= 0.3 is 37.4 Å². The van der Waals surface area contributed by atoms with E-state index in [1.807, 2.05) is 0 Å². The van der Waals surface area contributed by atoms with E-state index in [9.17, 15) is 13.6 Å². The predicted octanol–water partition coefficient (Wildman–Crippen LogP) is 2.14. The van der Waals surface area contributed by atoms with Crippen molar-refractivity contribution in [2.24, 2.45) is 0 Å². The minimum atomic E-state index is -11.4. The molecule has 43 valence electrons. The molecule has 0 aromatic rings. The summed E-state index contributed by atoms with van der Waals surface area (Å²) in [4.78, 5) is 0. The number of halogens is 6. The molecule has 0 heterocycles. The molecule has 0 saturated carbocycles. The van der Waals surface area contributed by atoms with Gasteiger partial charge in [-0.1, -0.05) is 0 Å². The van der Waals surface area contributed by atoms with Gasteiger partial charge in [0.25, 0.3) is 0 Å². The van der Waals surface area contributed by atoms with Crippen LogP contribution in [0.25, 0.3) is 0 Å². The van der Waals surface area contributed by atoms with E-state index in [-0.39, 0.29) is 0 Å². The Kier molecular flexibility index (Phi) is 0.914. The van der Waals surface area contributed by atoms with E-state index in [4.69, 9.17) is 0 Å². The molecule has 0 atom stereocenters. The first-order chi connectivity index (χ1) is 2.45. The molecule has 0 aromatic carbocycles. The summed E-state index contributed by atoms with van der Waals surface area (Å²) in [5.74, 6) is 0. The Bertz CT molecular complexity index is 62.7. The van der Waals surface area contributed by atoms with E-state index in [0.717, 1.165) is 0 Å². The van der Waals surface area contributed by atoms with Crippen molar-refractivity contribution in [2.75, 3.05) is 0 Å². The van der Waals surface area contributed by atoms with Crippen molar-refractivity contribution in [1.82, 2.24) is 0 Å². The Hall–Kier alpha value is 0.580. The fourth-order valence-electron chi connectivity index (χ4n) is 0. The molecule has 0 bridgehead atoms. The normalized spacial score (nSPS) is 18.0. The van der Waals surface area contributed by atoms with Crippen molar-refractivity contribution in [3.05, 3.63) is 0 Å². The third kappa shape index (κ3) is 410. The quantitative estimate of drug-likeness (QED) is 0.354. The van der Waals surface area contributed by atoms with Crippen LogP contribution in [0.15, 0.2) is 0 Å². The first-order valence-corrected chi connectivity index (χ1v) is 6.80. The van der Waals surface area contributed by atoms with Gasteiger partial charge in [0.05, 0.1) is 0 Å². The zero-order valence-electron chi connectivity index (χ0n) is 3.27. The van der Waals surface area contributed by atoms with Gasteiger partial charge in [0.15, 0.2) is 0 Å². The molecule has 0 nitrogen and oxygen atoms in total. The zero-order valence-corrected chi connectivity index (χ0v) is 5.27. The van der Waals surface area contributed by atoms with Crippen LogP contribution in [-0.4, -0.2) is 23.8 Å². The van der Waals surface area contributed by atoms with Crippen molar-refractivity contribution in [3.8, 4) is 0 Å². The topological polar surface area (TPSA) is 0 Å². The first-order valence-electron chi connectivity index (χ1n) is 2.27. The molecule has 0 fully saturated rings. The Balaban J connectivity index is 4.43. The van der Waals surface area contributed by atoms with Crippen LogP contribution in [0.2, 0.25) is 0 Å². The van der Waals surface area contributed by atoms with E-state index in [1.54, 1.807) is 0 Å². The molecule has 0 aliphatic heterocycles. The summed E-state index contributed by atoms with van der Waals surface area (Å²) in [5.41, 5.74) is 0. The summed E-state index contributed by atoms with van der Waals surface area (Å²) in [5, 5.41) is 0. The third-order valence-electron chi connectivity index (χ3n) is 0. The molecule has 0 aliphatic carbocycles. The zero-order chi connectivity index (χ0) is 6.41. The number of hydrogen-bond acceptors (Lipinski definition) is 0. The van der Waals surface area contributed by atoms with Crippen LogP contribution >= 0.6 is 0 Å². The Labute approximate surface area is 37.7 Å². The van der Waals surface area contributed by atoms with Gasteiger partial charge in [-0.2, -0.15) is 0 Å². The summed E-state index contributed by atoms with van der Waals surface area (Å²) in [6.45, 7) is 0. The van der Waals surface area contributed by atoms with E-state index in [1.165, 1.54) is 0 Å². The van der Waals surface area contributed by atoms with Crippen molar-refractivity contribution < 1.29 is 13.6 Å². The van der Waals surface area contributed by atoms with Gasteiger partial charge in [-0.25, -0.2) is 0 Å². The maximum absolute atomic E-state index is 11.4. The van der Waals surface area contributed by atoms with E-state index in [2.05, 4.69) is 0 Å². The second kappa shape index (κ2) is 0.844. The van der Waals surface area contributed by atoms with Crippen LogP contribution in [0.4, 0.5) is 13.6 Å². The molecule has 0 spiro atoms. The average molecular weight is 137 g/mol. The molecule has 0 aromatic heterocycles. The second-order valence-corrected chi connectivity index (χ2v) is 6.43. The van der Waals surface area contributed by atoms with Crippen molar-refractivity contribution >= 4 is 23.8 Å². The van der Waals surface area contributed by atoms with Crippen LogP contribution in [0.3, 0.4) is 0 Å². The fourth-order valence-corrected chi connectivity index (χ4v) is 0. The third-order valence-corrected chi connectivity index (χ3v) is 0.